The summed E-state index contributed by atoms with van der Waals surface area (Å²) in [6, 6.07) is 5.93. The molecule has 3 heteroatoms. The van der Waals surface area contributed by atoms with Crippen LogP contribution in [0.5, 0.6) is 5.75 Å². The fraction of sp³-hybridized carbons (Fsp3) is 0.625. The molecule has 1 aliphatic heterocycles. The van der Waals surface area contributed by atoms with Gasteiger partial charge in [0.25, 0.3) is 0 Å². The molecule has 1 aromatic rings. The molecule has 2 N–H and O–H groups in total. The van der Waals surface area contributed by atoms with Gasteiger partial charge in [0.2, 0.25) is 0 Å². The van der Waals surface area contributed by atoms with Crippen molar-refractivity contribution in [2.75, 3.05) is 30.8 Å². The molecule has 1 atom stereocenters. The summed E-state index contributed by atoms with van der Waals surface area (Å²) in [7, 11) is 1.70. The Morgan fingerprint density at radius 3 is 2.74 bits per heavy atom. The minimum atomic E-state index is 0.780. The molecule has 1 aromatic carbocycles. The largest absolute Gasteiger partial charge is 0.497 e. The Hall–Kier alpha value is -1.38. The van der Waals surface area contributed by atoms with Gasteiger partial charge >= 0.3 is 0 Å². The third kappa shape index (κ3) is 3.34. The van der Waals surface area contributed by atoms with Crippen LogP contribution in [0.3, 0.4) is 0 Å². The fourth-order valence-electron chi connectivity index (χ4n) is 2.95. The summed E-state index contributed by atoms with van der Waals surface area (Å²) < 4.78 is 5.31. The standard InChI is InChI=1S/C16H26N2O/c1-12(2)13-5-4-9-18(10-8-13)16-11-14(19-3)6-7-15(16)17/h6-7,11-13H,4-5,8-10,17H2,1-3H3. The van der Waals surface area contributed by atoms with Crippen molar-refractivity contribution in [2.45, 2.75) is 33.1 Å². The molecule has 0 saturated carbocycles. The van der Waals surface area contributed by atoms with Gasteiger partial charge in [0.15, 0.2) is 0 Å². The Kier molecular flexibility index (Phi) is 4.56. The number of nitrogen functional groups attached to an aromatic ring is 1. The van der Waals surface area contributed by atoms with Crippen molar-refractivity contribution in [1.82, 2.24) is 0 Å². The smallest absolute Gasteiger partial charge is 0.121 e. The molecular weight excluding hydrogens is 236 g/mol. The summed E-state index contributed by atoms with van der Waals surface area (Å²) in [4.78, 5) is 2.42. The zero-order valence-electron chi connectivity index (χ0n) is 12.4. The van der Waals surface area contributed by atoms with Gasteiger partial charge < -0.3 is 15.4 Å². The van der Waals surface area contributed by atoms with Crippen molar-refractivity contribution < 1.29 is 4.74 Å². The van der Waals surface area contributed by atoms with Gasteiger partial charge in [0.05, 0.1) is 18.5 Å². The molecule has 1 unspecified atom stereocenters. The van der Waals surface area contributed by atoms with Crippen molar-refractivity contribution in [3.05, 3.63) is 18.2 Å². The Bertz CT molecular complexity index is 417. The second-order valence-corrected chi connectivity index (χ2v) is 5.85. The molecule has 0 aliphatic carbocycles. The third-order valence-electron chi connectivity index (χ3n) is 4.29. The number of methoxy groups -OCH3 is 1. The van der Waals surface area contributed by atoms with Crippen molar-refractivity contribution in [2.24, 2.45) is 11.8 Å². The fourth-order valence-corrected chi connectivity index (χ4v) is 2.95. The van der Waals surface area contributed by atoms with Gasteiger partial charge in [-0.15, -0.1) is 0 Å². The zero-order valence-corrected chi connectivity index (χ0v) is 12.4. The van der Waals surface area contributed by atoms with E-state index in [0.717, 1.165) is 42.0 Å². The van der Waals surface area contributed by atoms with Crippen molar-refractivity contribution in [3.8, 4) is 5.75 Å². The van der Waals surface area contributed by atoms with E-state index in [9.17, 15) is 0 Å². The Morgan fingerprint density at radius 2 is 2.05 bits per heavy atom. The summed E-state index contributed by atoms with van der Waals surface area (Å²) in [6.07, 6.45) is 3.84. The maximum atomic E-state index is 6.12. The van der Waals surface area contributed by atoms with Crippen LogP contribution in [0.4, 0.5) is 11.4 Å². The topological polar surface area (TPSA) is 38.5 Å². The van der Waals surface area contributed by atoms with Crippen LogP contribution in [0.25, 0.3) is 0 Å². The van der Waals surface area contributed by atoms with Crippen LogP contribution in [0.15, 0.2) is 18.2 Å². The van der Waals surface area contributed by atoms with Crippen molar-refractivity contribution >= 4 is 11.4 Å². The Labute approximate surface area is 116 Å². The lowest BCUT2D eigenvalue weighted by molar-refractivity contribution is 0.351. The molecule has 0 radical (unpaired) electrons. The summed E-state index contributed by atoms with van der Waals surface area (Å²) in [6.45, 7) is 6.86. The number of rotatable bonds is 3. The molecule has 3 nitrogen and oxygen atoms in total. The average molecular weight is 262 g/mol. The minimum absolute atomic E-state index is 0.780. The monoisotopic (exact) mass is 262 g/mol. The predicted molar refractivity (Wildman–Crippen MR) is 81.8 cm³/mol. The summed E-state index contributed by atoms with van der Waals surface area (Å²) in [5.74, 6) is 2.51. The van der Waals surface area contributed by atoms with Crippen molar-refractivity contribution in [1.29, 1.82) is 0 Å². The first-order valence-electron chi connectivity index (χ1n) is 7.30. The van der Waals surface area contributed by atoms with E-state index in [1.54, 1.807) is 7.11 Å². The number of hydrogen-bond acceptors (Lipinski definition) is 3. The van der Waals surface area contributed by atoms with Gasteiger partial charge in [0.1, 0.15) is 5.75 Å². The summed E-state index contributed by atoms with van der Waals surface area (Å²) in [5, 5.41) is 0. The van der Waals surface area contributed by atoms with Crippen LogP contribution in [-0.2, 0) is 0 Å². The first kappa shape index (κ1) is 14.0. The van der Waals surface area contributed by atoms with Gasteiger partial charge in [-0.2, -0.15) is 0 Å². The molecule has 19 heavy (non-hydrogen) atoms. The first-order chi connectivity index (χ1) is 9.11. The van der Waals surface area contributed by atoms with Gasteiger partial charge in [-0.1, -0.05) is 13.8 Å². The molecule has 0 bridgehead atoms. The van der Waals surface area contributed by atoms with Crippen LogP contribution in [0.2, 0.25) is 0 Å². The number of benzene rings is 1. The second-order valence-electron chi connectivity index (χ2n) is 5.85. The Morgan fingerprint density at radius 1 is 1.26 bits per heavy atom. The van der Waals surface area contributed by atoms with E-state index in [4.69, 9.17) is 10.5 Å². The highest BCUT2D eigenvalue weighted by atomic mass is 16.5. The summed E-state index contributed by atoms with van der Waals surface area (Å²) in [5.41, 5.74) is 8.10. The third-order valence-corrected chi connectivity index (χ3v) is 4.29. The number of anilines is 2. The lowest BCUT2D eigenvalue weighted by Crippen LogP contribution is -2.25. The van der Waals surface area contributed by atoms with Gasteiger partial charge in [-0.3, -0.25) is 0 Å². The van der Waals surface area contributed by atoms with Crippen LogP contribution in [-0.4, -0.2) is 20.2 Å². The molecule has 1 saturated heterocycles. The highest BCUT2D eigenvalue weighted by Gasteiger charge is 2.20. The lowest BCUT2D eigenvalue weighted by Gasteiger charge is -2.25. The maximum absolute atomic E-state index is 6.12. The SMILES string of the molecule is COc1ccc(N)c(N2CCCC(C(C)C)CC2)c1. The molecule has 106 valence electrons. The first-order valence-corrected chi connectivity index (χ1v) is 7.30. The molecule has 1 aliphatic rings. The zero-order chi connectivity index (χ0) is 13.8. The maximum Gasteiger partial charge on any atom is 0.121 e. The molecule has 1 fully saturated rings. The number of nitrogens with two attached hydrogens (primary N) is 1. The van der Waals surface area contributed by atoms with E-state index in [0.29, 0.717) is 0 Å². The van der Waals surface area contributed by atoms with Crippen LogP contribution >= 0.6 is 0 Å². The van der Waals surface area contributed by atoms with Gasteiger partial charge in [-0.05, 0) is 43.2 Å². The Balaban J connectivity index is 2.13. The van der Waals surface area contributed by atoms with E-state index >= 15 is 0 Å². The highest BCUT2D eigenvalue weighted by molar-refractivity contribution is 5.69. The van der Waals surface area contributed by atoms with E-state index < -0.39 is 0 Å². The molecule has 0 spiro atoms. The van der Waals surface area contributed by atoms with E-state index in [1.807, 2.05) is 12.1 Å². The number of nitrogens with zero attached hydrogens (tertiary/aromatic N) is 1. The van der Waals surface area contributed by atoms with Crippen LogP contribution < -0.4 is 15.4 Å². The van der Waals surface area contributed by atoms with Crippen molar-refractivity contribution in [3.63, 3.8) is 0 Å². The highest BCUT2D eigenvalue weighted by Crippen LogP contribution is 2.32. The molecule has 0 amide bonds. The normalized spacial score (nSPS) is 20.4. The van der Waals surface area contributed by atoms with Crippen LogP contribution in [0.1, 0.15) is 33.1 Å². The predicted octanol–water partition coefficient (Wildman–Crippen LogP) is 3.54. The quantitative estimate of drug-likeness (QED) is 0.847. The lowest BCUT2D eigenvalue weighted by atomic mass is 9.89. The average Bonchev–Trinajstić information content (AvgIpc) is 2.65. The second kappa shape index (κ2) is 6.18. The van der Waals surface area contributed by atoms with Gasteiger partial charge in [0, 0.05) is 19.2 Å². The van der Waals surface area contributed by atoms with E-state index in [1.165, 1.54) is 19.3 Å². The summed E-state index contributed by atoms with van der Waals surface area (Å²) >= 11 is 0. The number of hydrogen-bond donors (Lipinski definition) is 1. The van der Waals surface area contributed by atoms with E-state index in [2.05, 4.69) is 24.8 Å². The molecule has 0 aromatic heterocycles. The minimum Gasteiger partial charge on any atom is -0.497 e. The van der Waals surface area contributed by atoms with Gasteiger partial charge in [-0.25, -0.2) is 0 Å². The number of ether oxygens (including phenoxy) is 1. The van der Waals surface area contributed by atoms with Crippen LogP contribution in [0, 0.1) is 11.8 Å². The molecular formula is C16H26N2O. The van der Waals surface area contributed by atoms with E-state index in [-0.39, 0.29) is 0 Å². The molecule has 1 heterocycles. The molecule has 2 rings (SSSR count).